The molecule has 0 bridgehead atoms. The third-order valence-electron chi connectivity index (χ3n) is 4.33. The summed E-state index contributed by atoms with van der Waals surface area (Å²) >= 11 is 0. The van der Waals surface area contributed by atoms with Crippen LogP contribution in [0.25, 0.3) is 0 Å². The van der Waals surface area contributed by atoms with Crippen LogP contribution in [0.5, 0.6) is 0 Å². The summed E-state index contributed by atoms with van der Waals surface area (Å²) in [5, 5.41) is 0. The van der Waals surface area contributed by atoms with Gasteiger partial charge in [-0.15, -0.1) is 0 Å². The van der Waals surface area contributed by atoms with Crippen molar-refractivity contribution in [3.05, 3.63) is 89.3 Å². The Kier molecular flexibility index (Phi) is 4.52. The van der Waals surface area contributed by atoms with Crippen LogP contribution in [0.15, 0.2) is 78.1 Å². The van der Waals surface area contributed by atoms with Crippen molar-refractivity contribution in [1.29, 1.82) is 0 Å². The van der Waals surface area contributed by atoms with Gasteiger partial charge in [0.25, 0.3) is 0 Å². The fraction of sp³-hybridized carbons (Fsp3) is 0.190. The van der Waals surface area contributed by atoms with E-state index in [1.165, 1.54) is 12.7 Å². The van der Waals surface area contributed by atoms with E-state index >= 15 is 0 Å². The van der Waals surface area contributed by atoms with Crippen LogP contribution in [-0.4, -0.2) is 13.1 Å². The van der Waals surface area contributed by atoms with E-state index in [2.05, 4.69) is 25.1 Å². The maximum Gasteiger partial charge on any atom is 0.336 e. The lowest BCUT2D eigenvalue weighted by Gasteiger charge is -2.31. The average Bonchev–Trinajstić information content (AvgIpc) is 2.61. The fourth-order valence-corrected chi connectivity index (χ4v) is 3.12. The van der Waals surface area contributed by atoms with E-state index in [-0.39, 0.29) is 11.9 Å². The molecule has 122 valence electrons. The number of hydrogen-bond donors (Lipinski definition) is 0. The molecule has 3 heteroatoms. The lowest BCUT2D eigenvalue weighted by atomic mass is 9.87. The molecule has 0 aliphatic carbocycles. The highest BCUT2D eigenvalue weighted by Gasteiger charge is 2.29. The average molecular weight is 319 g/mol. The van der Waals surface area contributed by atoms with Crippen LogP contribution >= 0.6 is 0 Å². The van der Waals surface area contributed by atoms with E-state index in [0.29, 0.717) is 5.57 Å². The van der Waals surface area contributed by atoms with Gasteiger partial charge >= 0.3 is 5.97 Å². The number of nitrogens with zero attached hydrogens (tertiary/aromatic N) is 1. The number of allylic oxidation sites excluding steroid dienone is 2. The van der Waals surface area contributed by atoms with Gasteiger partial charge in [0.15, 0.2) is 0 Å². The van der Waals surface area contributed by atoms with Crippen LogP contribution in [0.3, 0.4) is 0 Å². The highest BCUT2D eigenvalue weighted by molar-refractivity contribution is 5.93. The smallest absolute Gasteiger partial charge is 0.336 e. The third-order valence-corrected chi connectivity index (χ3v) is 4.33. The Morgan fingerprint density at radius 1 is 1.04 bits per heavy atom. The number of carbonyl (C=O) groups excluding carboxylic acids is 1. The van der Waals surface area contributed by atoms with Gasteiger partial charge in [-0.05, 0) is 37.1 Å². The number of carbonyl (C=O) groups is 1. The second-order valence-corrected chi connectivity index (χ2v) is 5.93. The van der Waals surface area contributed by atoms with Crippen molar-refractivity contribution < 1.29 is 9.53 Å². The molecule has 0 spiro atoms. The number of methoxy groups -OCH3 is 1. The SMILES string of the molecule is COC(=O)C1=C(C)N(c2cccc(C)c2)C=CC1c1ccccc1. The molecule has 1 aliphatic rings. The van der Waals surface area contributed by atoms with Crippen molar-refractivity contribution in [2.45, 2.75) is 19.8 Å². The molecule has 1 heterocycles. The summed E-state index contributed by atoms with van der Waals surface area (Å²) < 4.78 is 5.06. The van der Waals surface area contributed by atoms with Gasteiger partial charge in [-0.3, -0.25) is 0 Å². The fourth-order valence-electron chi connectivity index (χ4n) is 3.12. The minimum atomic E-state index is -0.289. The Balaban J connectivity index is 2.08. The number of esters is 1. The Morgan fingerprint density at radius 3 is 2.46 bits per heavy atom. The Bertz CT molecular complexity index is 806. The second-order valence-electron chi connectivity index (χ2n) is 5.93. The maximum atomic E-state index is 12.5. The summed E-state index contributed by atoms with van der Waals surface area (Å²) in [5.41, 5.74) is 4.86. The highest BCUT2D eigenvalue weighted by Crippen LogP contribution is 2.36. The number of aryl methyl sites for hydroxylation is 1. The van der Waals surface area contributed by atoms with Crippen molar-refractivity contribution in [2.75, 3.05) is 12.0 Å². The Morgan fingerprint density at radius 2 is 1.79 bits per heavy atom. The molecule has 0 fully saturated rings. The van der Waals surface area contributed by atoms with Crippen molar-refractivity contribution in [1.82, 2.24) is 0 Å². The molecular weight excluding hydrogens is 298 g/mol. The zero-order valence-electron chi connectivity index (χ0n) is 14.2. The monoisotopic (exact) mass is 319 g/mol. The summed E-state index contributed by atoms with van der Waals surface area (Å²) in [6.45, 7) is 4.03. The summed E-state index contributed by atoms with van der Waals surface area (Å²) in [5.74, 6) is -0.386. The van der Waals surface area contributed by atoms with E-state index in [0.717, 1.165) is 16.9 Å². The van der Waals surface area contributed by atoms with Crippen LogP contribution < -0.4 is 4.90 Å². The summed E-state index contributed by atoms with van der Waals surface area (Å²) in [7, 11) is 1.43. The molecule has 0 aromatic heterocycles. The Labute approximate surface area is 142 Å². The van der Waals surface area contributed by atoms with Crippen molar-refractivity contribution in [3.63, 3.8) is 0 Å². The van der Waals surface area contributed by atoms with Gasteiger partial charge in [0, 0.05) is 23.5 Å². The molecule has 0 saturated heterocycles. The zero-order chi connectivity index (χ0) is 17.1. The number of hydrogen-bond acceptors (Lipinski definition) is 3. The van der Waals surface area contributed by atoms with Gasteiger partial charge in [-0.2, -0.15) is 0 Å². The molecule has 24 heavy (non-hydrogen) atoms. The lowest BCUT2D eigenvalue weighted by molar-refractivity contribution is -0.136. The van der Waals surface area contributed by atoms with Crippen LogP contribution in [-0.2, 0) is 9.53 Å². The van der Waals surface area contributed by atoms with Crippen LogP contribution in [0.2, 0.25) is 0 Å². The largest absolute Gasteiger partial charge is 0.466 e. The van der Waals surface area contributed by atoms with Gasteiger partial charge in [0.05, 0.1) is 12.7 Å². The zero-order valence-corrected chi connectivity index (χ0v) is 14.2. The molecule has 2 aromatic carbocycles. The standard InChI is InChI=1S/C21H21NO2/c1-15-8-7-11-18(14-15)22-13-12-19(17-9-5-4-6-10-17)20(16(22)2)21(23)24-3/h4-14,19H,1-3H3. The molecular formula is C21H21NO2. The minimum Gasteiger partial charge on any atom is -0.466 e. The first kappa shape index (κ1) is 16.1. The summed E-state index contributed by atoms with van der Waals surface area (Å²) in [6.07, 6.45) is 4.09. The van der Waals surface area contributed by atoms with Crippen molar-refractivity contribution in [2.24, 2.45) is 0 Å². The molecule has 0 saturated carbocycles. The molecule has 0 amide bonds. The van der Waals surface area contributed by atoms with E-state index in [1.54, 1.807) is 0 Å². The molecule has 3 rings (SSSR count). The molecule has 1 atom stereocenters. The van der Waals surface area contributed by atoms with Crippen LogP contribution in [0, 0.1) is 6.92 Å². The number of anilines is 1. The predicted molar refractivity (Wildman–Crippen MR) is 96.7 cm³/mol. The quantitative estimate of drug-likeness (QED) is 0.777. The van der Waals surface area contributed by atoms with Gasteiger partial charge in [0.2, 0.25) is 0 Å². The first-order valence-corrected chi connectivity index (χ1v) is 8.00. The molecule has 1 aliphatic heterocycles. The highest BCUT2D eigenvalue weighted by atomic mass is 16.5. The normalized spacial score (nSPS) is 17.1. The van der Waals surface area contributed by atoms with Crippen LogP contribution in [0.1, 0.15) is 24.0 Å². The molecule has 0 radical (unpaired) electrons. The first-order chi connectivity index (χ1) is 11.6. The second kappa shape index (κ2) is 6.75. The van der Waals surface area contributed by atoms with Crippen molar-refractivity contribution in [3.8, 4) is 0 Å². The molecule has 3 nitrogen and oxygen atoms in total. The van der Waals surface area contributed by atoms with Gasteiger partial charge in [-0.1, -0.05) is 48.5 Å². The van der Waals surface area contributed by atoms with Gasteiger partial charge in [0.1, 0.15) is 0 Å². The van der Waals surface area contributed by atoms with E-state index in [1.807, 2.05) is 60.5 Å². The number of benzene rings is 2. The van der Waals surface area contributed by atoms with Crippen LogP contribution in [0.4, 0.5) is 5.69 Å². The molecule has 2 aromatic rings. The Hall–Kier alpha value is -2.81. The summed E-state index contributed by atoms with van der Waals surface area (Å²) in [4.78, 5) is 14.5. The van der Waals surface area contributed by atoms with Gasteiger partial charge < -0.3 is 9.64 Å². The van der Waals surface area contributed by atoms with E-state index in [9.17, 15) is 4.79 Å². The number of rotatable bonds is 3. The first-order valence-electron chi connectivity index (χ1n) is 8.00. The topological polar surface area (TPSA) is 29.5 Å². The maximum absolute atomic E-state index is 12.5. The van der Waals surface area contributed by atoms with E-state index < -0.39 is 0 Å². The minimum absolute atomic E-state index is 0.0975. The lowest BCUT2D eigenvalue weighted by Crippen LogP contribution is -2.26. The predicted octanol–water partition coefficient (Wildman–Crippen LogP) is 4.56. The molecule has 0 N–H and O–H groups in total. The number of ether oxygens (including phenoxy) is 1. The van der Waals surface area contributed by atoms with Crippen molar-refractivity contribution >= 4 is 11.7 Å². The van der Waals surface area contributed by atoms with Gasteiger partial charge in [-0.25, -0.2) is 4.79 Å². The molecule has 1 unspecified atom stereocenters. The van der Waals surface area contributed by atoms with E-state index in [4.69, 9.17) is 4.74 Å². The third kappa shape index (κ3) is 2.98. The summed E-state index contributed by atoms with van der Waals surface area (Å²) in [6, 6.07) is 18.2.